The third kappa shape index (κ3) is 0.589. The van der Waals surface area contributed by atoms with Crippen molar-refractivity contribution in [2.24, 2.45) is 11.3 Å². The molecular weight excluding hydrogens is 120 g/mol. The van der Waals surface area contributed by atoms with Crippen LogP contribution in [0.5, 0.6) is 0 Å². The van der Waals surface area contributed by atoms with E-state index in [1.807, 2.05) is 0 Å². The van der Waals surface area contributed by atoms with Crippen LogP contribution in [-0.4, -0.2) is 5.88 Å². The number of hydrogen-bond acceptors (Lipinski definition) is 0. The molecule has 2 fully saturated rings. The van der Waals surface area contributed by atoms with E-state index in [9.17, 15) is 0 Å². The Morgan fingerprint density at radius 2 is 2.00 bits per heavy atom. The molecule has 0 aliphatic heterocycles. The Balaban J connectivity index is 1.99. The summed E-state index contributed by atoms with van der Waals surface area (Å²) in [5.41, 5.74) is 0.668. The van der Waals surface area contributed by atoms with Gasteiger partial charge in [-0.3, -0.25) is 0 Å². The summed E-state index contributed by atoms with van der Waals surface area (Å²) in [6, 6.07) is 0. The summed E-state index contributed by atoms with van der Waals surface area (Å²) in [4.78, 5) is 0. The Kier molecular flexibility index (Phi) is 0.901. The second-order valence-electron chi connectivity index (χ2n) is 3.27. The molecule has 2 rings (SSSR count). The highest BCUT2D eigenvalue weighted by molar-refractivity contribution is 6.18. The highest BCUT2D eigenvalue weighted by Gasteiger charge is 2.52. The van der Waals surface area contributed by atoms with Crippen LogP contribution in [0.1, 0.15) is 25.7 Å². The van der Waals surface area contributed by atoms with Crippen LogP contribution in [0.4, 0.5) is 0 Å². The number of rotatable bonds is 2. The molecule has 0 nitrogen and oxygen atoms in total. The Morgan fingerprint density at radius 1 is 1.38 bits per heavy atom. The summed E-state index contributed by atoms with van der Waals surface area (Å²) in [5, 5.41) is 0. The van der Waals surface area contributed by atoms with Gasteiger partial charge in [0.25, 0.3) is 0 Å². The molecule has 2 aliphatic rings. The Morgan fingerprint density at radius 3 is 2.12 bits per heavy atom. The van der Waals surface area contributed by atoms with Gasteiger partial charge in [-0.15, -0.1) is 11.6 Å². The molecule has 0 unspecified atom stereocenters. The molecule has 1 heteroatoms. The van der Waals surface area contributed by atoms with Crippen molar-refractivity contribution in [3.05, 3.63) is 0 Å². The lowest BCUT2D eigenvalue weighted by atomic mass is 10.0. The summed E-state index contributed by atoms with van der Waals surface area (Å²) in [7, 11) is 0. The number of halogens is 1. The summed E-state index contributed by atoms with van der Waals surface area (Å²) < 4.78 is 0. The van der Waals surface area contributed by atoms with Crippen LogP contribution < -0.4 is 0 Å². The Hall–Kier alpha value is 0.290. The summed E-state index contributed by atoms with van der Waals surface area (Å²) in [5.74, 6) is 1.97. The van der Waals surface area contributed by atoms with Gasteiger partial charge in [0, 0.05) is 5.88 Å². The molecule has 0 atom stereocenters. The van der Waals surface area contributed by atoms with E-state index in [0.717, 1.165) is 11.8 Å². The number of hydrogen-bond donors (Lipinski definition) is 0. The van der Waals surface area contributed by atoms with Crippen molar-refractivity contribution < 1.29 is 0 Å². The maximum absolute atomic E-state index is 5.79. The first kappa shape index (κ1) is 5.10. The Labute approximate surface area is 55.2 Å². The van der Waals surface area contributed by atoms with E-state index in [1.165, 1.54) is 25.7 Å². The van der Waals surface area contributed by atoms with Crippen molar-refractivity contribution in [3.8, 4) is 0 Å². The van der Waals surface area contributed by atoms with Gasteiger partial charge in [0.05, 0.1) is 0 Å². The van der Waals surface area contributed by atoms with Gasteiger partial charge in [0.1, 0.15) is 0 Å². The van der Waals surface area contributed by atoms with E-state index in [2.05, 4.69) is 0 Å². The van der Waals surface area contributed by atoms with Crippen molar-refractivity contribution in [2.45, 2.75) is 25.7 Å². The lowest BCUT2D eigenvalue weighted by Crippen LogP contribution is -2.03. The minimum absolute atomic E-state index is 0.668. The van der Waals surface area contributed by atoms with Crippen molar-refractivity contribution in [1.29, 1.82) is 0 Å². The summed E-state index contributed by atoms with van der Waals surface area (Å²) >= 11 is 5.79. The molecule has 2 aliphatic carbocycles. The fraction of sp³-hybridized carbons (Fsp3) is 1.00. The SMILES string of the molecule is ClCC1(C2CC2)CC1. The van der Waals surface area contributed by atoms with Crippen molar-refractivity contribution in [3.63, 3.8) is 0 Å². The summed E-state index contributed by atoms with van der Waals surface area (Å²) in [6.45, 7) is 0. The molecule has 8 heavy (non-hydrogen) atoms. The molecule has 0 amide bonds. The van der Waals surface area contributed by atoms with Gasteiger partial charge in [-0.1, -0.05) is 0 Å². The smallest absolute Gasteiger partial charge is 0.0282 e. The molecule has 0 N–H and O–H groups in total. The van der Waals surface area contributed by atoms with E-state index in [1.54, 1.807) is 0 Å². The zero-order chi connectivity index (χ0) is 5.61. The molecule has 0 radical (unpaired) electrons. The van der Waals surface area contributed by atoms with Crippen molar-refractivity contribution >= 4 is 11.6 Å². The molecule has 46 valence electrons. The maximum Gasteiger partial charge on any atom is 0.0282 e. The second kappa shape index (κ2) is 1.41. The maximum atomic E-state index is 5.79. The first-order chi connectivity index (χ1) is 3.87. The van der Waals surface area contributed by atoms with Gasteiger partial charge in [0.15, 0.2) is 0 Å². The van der Waals surface area contributed by atoms with E-state index >= 15 is 0 Å². The fourth-order valence-electron chi connectivity index (χ4n) is 1.51. The third-order valence-corrected chi connectivity index (χ3v) is 3.13. The van der Waals surface area contributed by atoms with Gasteiger partial charge in [-0.2, -0.15) is 0 Å². The average Bonchev–Trinajstić information content (AvgIpc) is 2.63. The zero-order valence-corrected chi connectivity index (χ0v) is 5.75. The number of alkyl halides is 1. The fourth-order valence-corrected chi connectivity index (χ4v) is 1.99. The van der Waals surface area contributed by atoms with Crippen molar-refractivity contribution in [2.75, 3.05) is 5.88 Å². The van der Waals surface area contributed by atoms with Gasteiger partial charge in [-0.05, 0) is 37.0 Å². The van der Waals surface area contributed by atoms with Crippen molar-refractivity contribution in [1.82, 2.24) is 0 Å². The lowest BCUT2D eigenvalue weighted by Gasteiger charge is -2.05. The first-order valence-electron chi connectivity index (χ1n) is 3.43. The Bertz CT molecular complexity index is 101. The standard InChI is InChI=1S/C7H11Cl/c8-5-7(3-4-7)6-1-2-6/h6H,1-5H2. The molecule has 0 aromatic carbocycles. The van der Waals surface area contributed by atoms with Gasteiger partial charge >= 0.3 is 0 Å². The molecule has 0 spiro atoms. The molecule has 0 bridgehead atoms. The van der Waals surface area contributed by atoms with Crippen LogP contribution >= 0.6 is 11.6 Å². The van der Waals surface area contributed by atoms with Gasteiger partial charge in [0.2, 0.25) is 0 Å². The molecule has 0 aromatic rings. The third-order valence-electron chi connectivity index (χ3n) is 2.60. The monoisotopic (exact) mass is 130 g/mol. The minimum atomic E-state index is 0.668. The molecule has 0 aromatic heterocycles. The lowest BCUT2D eigenvalue weighted by molar-refractivity contribution is 0.498. The van der Waals surface area contributed by atoms with E-state index in [4.69, 9.17) is 11.6 Å². The topological polar surface area (TPSA) is 0 Å². The summed E-state index contributed by atoms with van der Waals surface area (Å²) in [6.07, 6.45) is 5.77. The predicted molar refractivity (Wildman–Crippen MR) is 35.1 cm³/mol. The predicted octanol–water partition coefficient (Wildman–Crippen LogP) is 2.42. The molecule has 2 saturated carbocycles. The second-order valence-corrected chi connectivity index (χ2v) is 3.54. The largest absolute Gasteiger partial charge is 0.126 e. The molecule has 0 heterocycles. The van der Waals surface area contributed by atoms with E-state index in [0.29, 0.717) is 5.41 Å². The van der Waals surface area contributed by atoms with Crippen LogP contribution in [0.25, 0.3) is 0 Å². The normalized spacial score (nSPS) is 32.6. The molecular formula is C7H11Cl. The van der Waals surface area contributed by atoms with Crippen LogP contribution in [0.2, 0.25) is 0 Å². The highest BCUT2D eigenvalue weighted by Crippen LogP contribution is 2.61. The van der Waals surface area contributed by atoms with Gasteiger partial charge in [-0.25, -0.2) is 0 Å². The van der Waals surface area contributed by atoms with E-state index < -0.39 is 0 Å². The van der Waals surface area contributed by atoms with Crippen LogP contribution in [0, 0.1) is 11.3 Å². The highest BCUT2D eigenvalue weighted by atomic mass is 35.5. The zero-order valence-electron chi connectivity index (χ0n) is 4.99. The van der Waals surface area contributed by atoms with Gasteiger partial charge < -0.3 is 0 Å². The van der Waals surface area contributed by atoms with E-state index in [-0.39, 0.29) is 0 Å². The van der Waals surface area contributed by atoms with Crippen LogP contribution in [-0.2, 0) is 0 Å². The quantitative estimate of drug-likeness (QED) is 0.504. The van der Waals surface area contributed by atoms with Crippen LogP contribution in [0.3, 0.4) is 0 Å². The van der Waals surface area contributed by atoms with Crippen LogP contribution in [0.15, 0.2) is 0 Å². The minimum Gasteiger partial charge on any atom is -0.126 e. The average molecular weight is 131 g/mol. The molecule has 0 saturated heterocycles. The first-order valence-corrected chi connectivity index (χ1v) is 3.97.